The van der Waals surface area contributed by atoms with Crippen molar-refractivity contribution in [3.8, 4) is 0 Å². The lowest BCUT2D eigenvalue weighted by Gasteiger charge is -2.19. The minimum absolute atomic E-state index is 0.929. The van der Waals surface area contributed by atoms with Crippen molar-refractivity contribution in [2.24, 2.45) is 0 Å². The first-order chi connectivity index (χ1) is 7.00. The molecule has 0 atom stereocenters. The summed E-state index contributed by atoms with van der Waals surface area (Å²) in [4.78, 5) is 0.929. The summed E-state index contributed by atoms with van der Waals surface area (Å²) in [7, 11) is 0. The van der Waals surface area contributed by atoms with Crippen molar-refractivity contribution in [3.05, 3.63) is 52.6 Å². The summed E-state index contributed by atoms with van der Waals surface area (Å²) in [6, 6.07) is 4.36. The topological polar surface area (TPSA) is 0 Å². The Bertz CT molecular complexity index is 504. The summed E-state index contributed by atoms with van der Waals surface area (Å²) in [6.45, 7) is 10.4. The molecule has 0 heterocycles. The van der Waals surface area contributed by atoms with Crippen LogP contribution in [0.5, 0.6) is 0 Å². The van der Waals surface area contributed by atoms with Gasteiger partial charge >= 0.3 is 0 Å². The van der Waals surface area contributed by atoms with Gasteiger partial charge in [0.2, 0.25) is 0 Å². The van der Waals surface area contributed by atoms with E-state index in [0.29, 0.717) is 0 Å². The van der Waals surface area contributed by atoms with E-state index < -0.39 is 0 Å². The fourth-order valence-electron chi connectivity index (χ4n) is 1.84. The highest BCUT2D eigenvalue weighted by Gasteiger charge is 2.16. The molecule has 0 nitrogen and oxygen atoms in total. The molecule has 1 aromatic carbocycles. The maximum Gasteiger partial charge on any atom is 0.0458 e. The largest absolute Gasteiger partial charge is 0.0909 e. The third-order valence-corrected chi connectivity index (χ3v) is 3.39. The minimum Gasteiger partial charge on any atom is -0.0909 e. The van der Waals surface area contributed by atoms with Gasteiger partial charge in [-0.25, -0.2) is 0 Å². The van der Waals surface area contributed by atoms with Gasteiger partial charge in [0.05, 0.1) is 0 Å². The number of hydrogen-bond acceptors (Lipinski definition) is 1. The second-order valence-electron chi connectivity index (χ2n) is 4.15. The Morgan fingerprint density at radius 2 is 1.53 bits per heavy atom. The first kappa shape index (κ1) is 10.3. The van der Waals surface area contributed by atoms with E-state index in [2.05, 4.69) is 39.5 Å². The number of fused-ring (bicyclic) bond motifs is 1. The highest BCUT2D eigenvalue weighted by atomic mass is 32.1. The second kappa shape index (κ2) is 3.42. The summed E-state index contributed by atoms with van der Waals surface area (Å²) in [5, 5.41) is 0. The number of rotatable bonds is 0. The summed E-state index contributed by atoms with van der Waals surface area (Å²) in [5.41, 5.74) is 7.22. The molecular weight excluding hydrogens is 200 g/mol. The van der Waals surface area contributed by atoms with E-state index in [4.69, 9.17) is 12.2 Å². The van der Waals surface area contributed by atoms with Crippen molar-refractivity contribution in [3.63, 3.8) is 0 Å². The van der Waals surface area contributed by atoms with Crippen LogP contribution in [0.25, 0.3) is 5.57 Å². The molecule has 0 saturated heterocycles. The number of hydrogen-bond donors (Lipinski definition) is 0. The monoisotopic (exact) mass is 214 g/mol. The molecule has 1 aliphatic rings. The SMILES string of the molecule is C=C1C(C)=CC(=S)c2cc(C)c(C)cc21. The van der Waals surface area contributed by atoms with E-state index in [1.54, 1.807) is 0 Å². The lowest BCUT2D eigenvalue weighted by Crippen LogP contribution is -2.07. The Kier molecular flexibility index (Phi) is 2.35. The predicted molar refractivity (Wildman–Crippen MR) is 70.4 cm³/mol. The molecule has 0 fully saturated rings. The lowest BCUT2D eigenvalue weighted by molar-refractivity contribution is 1.31. The van der Waals surface area contributed by atoms with E-state index in [0.717, 1.165) is 16.0 Å². The predicted octanol–water partition coefficient (Wildman–Crippen LogP) is 3.99. The standard InChI is InChI=1S/C14H14S/c1-8-5-12-11(4)10(3)7-14(15)13(12)6-9(8)2/h5-7H,4H2,1-3H3. The Labute approximate surface area is 96.3 Å². The van der Waals surface area contributed by atoms with Crippen molar-refractivity contribution in [2.75, 3.05) is 0 Å². The summed E-state index contributed by atoms with van der Waals surface area (Å²) < 4.78 is 0. The van der Waals surface area contributed by atoms with Crippen LogP contribution in [0, 0.1) is 13.8 Å². The van der Waals surface area contributed by atoms with Gasteiger partial charge in [-0.3, -0.25) is 0 Å². The van der Waals surface area contributed by atoms with E-state index in [9.17, 15) is 0 Å². The fraction of sp³-hybridized carbons (Fsp3) is 0.214. The van der Waals surface area contributed by atoms with Gasteiger partial charge < -0.3 is 0 Å². The van der Waals surface area contributed by atoms with Gasteiger partial charge in [0.25, 0.3) is 0 Å². The smallest absolute Gasteiger partial charge is 0.0458 e. The molecular formula is C14H14S. The Balaban J connectivity index is 2.73. The van der Waals surface area contributed by atoms with Gasteiger partial charge in [-0.2, -0.15) is 0 Å². The summed E-state index contributed by atoms with van der Waals surface area (Å²) >= 11 is 5.38. The zero-order chi connectivity index (χ0) is 11.2. The second-order valence-corrected chi connectivity index (χ2v) is 4.59. The molecule has 0 aliphatic heterocycles. The molecule has 0 radical (unpaired) electrons. The number of allylic oxidation sites excluding steroid dienone is 3. The first-order valence-electron chi connectivity index (χ1n) is 5.04. The number of thiocarbonyl (C=S) groups is 1. The summed E-state index contributed by atoms with van der Waals surface area (Å²) in [6.07, 6.45) is 2.04. The van der Waals surface area contributed by atoms with Crippen LogP contribution >= 0.6 is 12.2 Å². The molecule has 0 N–H and O–H groups in total. The van der Waals surface area contributed by atoms with Crippen LogP contribution in [-0.4, -0.2) is 4.86 Å². The fourth-order valence-corrected chi connectivity index (χ4v) is 2.19. The first-order valence-corrected chi connectivity index (χ1v) is 5.45. The number of aryl methyl sites for hydroxylation is 2. The normalized spacial score (nSPS) is 15.0. The van der Waals surface area contributed by atoms with Crippen LogP contribution in [-0.2, 0) is 0 Å². The molecule has 0 saturated carbocycles. The van der Waals surface area contributed by atoms with Crippen molar-refractivity contribution in [2.45, 2.75) is 20.8 Å². The van der Waals surface area contributed by atoms with Crippen LogP contribution in [0.15, 0.2) is 30.4 Å². The minimum atomic E-state index is 0.929. The average Bonchev–Trinajstić information content (AvgIpc) is 2.18. The third kappa shape index (κ3) is 1.57. The Morgan fingerprint density at radius 3 is 2.13 bits per heavy atom. The molecule has 0 unspecified atom stereocenters. The Morgan fingerprint density at radius 1 is 1.00 bits per heavy atom. The summed E-state index contributed by atoms with van der Waals surface area (Å²) in [5.74, 6) is 0. The highest BCUT2D eigenvalue weighted by molar-refractivity contribution is 7.81. The molecule has 0 spiro atoms. The van der Waals surface area contributed by atoms with Crippen molar-refractivity contribution in [1.29, 1.82) is 0 Å². The van der Waals surface area contributed by atoms with Gasteiger partial charge in [0.15, 0.2) is 0 Å². The van der Waals surface area contributed by atoms with E-state index in [1.807, 2.05) is 6.08 Å². The van der Waals surface area contributed by atoms with E-state index >= 15 is 0 Å². The molecule has 1 heteroatoms. The molecule has 0 amide bonds. The van der Waals surface area contributed by atoms with E-state index in [1.165, 1.54) is 22.3 Å². The van der Waals surface area contributed by atoms with E-state index in [-0.39, 0.29) is 0 Å². The maximum atomic E-state index is 5.38. The molecule has 2 rings (SSSR count). The molecule has 0 bridgehead atoms. The van der Waals surface area contributed by atoms with Gasteiger partial charge in [0, 0.05) is 10.4 Å². The van der Waals surface area contributed by atoms with Gasteiger partial charge in [-0.15, -0.1) is 0 Å². The molecule has 1 aromatic rings. The zero-order valence-corrected chi connectivity index (χ0v) is 10.2. The van der Waals surface area contributed by atoms with Crippen LogP contribution in [0.2, 0.25) is 0 Å². The molecule has 0 aromatic heterocycles. The van der Waals surface area contributed by atoms with Gasteiger partial charge in [0.1, 0.15) is 0 Å². The van der Waals surface area contributed by atoms with Crippen LogP contribution in [0.3, 0.4) is 0 Å². The molecule has 1 aliphatic carbocycles. The van der Waals surface area contributed by atoms with Crippen molar-refractivity contribution in [1.82, 2.24) is 0 Å². The average molecular weight is 214 g/mol. The third-order valence-electron chi connectivity index (χ3n) is 3.05. The molecule has 15 heavy (non-hydrogen) atoms. The van der Waals surface area contributed by atoms with Gasteiger partial charge in [-0.1, -0.05) is 24.9 Å². The van der Waals surface area contributed by atoms with Crippen molar-refractivity contribution < 1.29 is 0 Å². The quantitative estimate of drug-likeness (QED) is 0.588. The van der Waals surface area contributed by atoms with Crippen LogP contribution in [0.4, 0.5) is 0 Å². The highest BCUT2D eigenvalue weighted by Crippen LogP contribution is 2.32. The maximum absolute atomic E-state index is 5.38. The Hall–Kier alpha value is -1.21. The van der Waals surface area contributed by atoms with Crippen LogP contribution in [0.1, 0.15) is 29.2 Å². The number of benzene rings is 1. The van der Waals surface area contributed by atoms with Crippen LogP contribution < -0.4 is 0 Å². The lowest BCUT2D eigenvalue weighted by atomic mass is 9.86. The zero-order valence-electron chi connectivity index (χ0n) is 9.35. The molecule has 76 valence electrons. The van der Waals surface area contributed by atoms with Gasteiger partial charge in [-0.05, 0) is 60.8 Å². The van der Waals surface area contributed by atoms with Crippen molar-refractivity contribution >= 4 is 22.7 Å².